The number of benzene rings is 8. The van der Waals surface area contributed by atoms with Crippen molar-refractivity contribution >= 4 is 54.4 Å². The molecule has 3 heterocycles. The van der Waals surface area contributed by atoms with E-state index in [-0.39, 0.29) is 0 Å². The molecule has 11 aromatic rings. The predicted molar refractivity (Wildman–Crippen MR) is 227 cm³/mol. The molecule has 8 aromatic carbocycles. The highest BCUT2D eigenvalue weighted by molar-refractivity contribution is 6.26. The maximum absolute atomic E-state index is 5.34. The number of hydrogen-bond donors (Lipinski definition) is 0. The third kappa shape index (κ3) is 4.65. The molecule has 0 fully saturated rings. The third-order valence-corrected chi connectivity index (χ3v) is 10.9. The summed E-state index contributed by atoms with van der Waals surface area (Å²) in [6.45, 7) is 0. The van der Waals surface area contributed by atoms with Gasteiger partial charge in [0, 0.05) is 43.9 Å². The molecule has 0 aliphatic carbocycles. The summed E-state index contributed by atoms with van der Waals surface area (Å²) in [5.74, 6) is 0. The monoisotopic (exact) mass is 687 g/mol. The molecule has 0 bridgehead atoms. The molecule has 0 aliphatic heterocycles. The topological polar surface area (TPSA) is 22.8 Å². The van der Waals surface area contributed by atoms with Gasteiger partial charge in [0.2, 0.25) is 0 Å². The fourth-order valence-electron chi connectivity index (χ4n) is 8.56. The first kappa shape index (κ1) is 30.4. The molecular formula is C51H33N3. The van der Waals surface area contributed by atoms with Gasteiger partial charge in [-0.1, -0.05) is 152 Å². The molecule has 0 radical (unpaired) electrons. The molecular weight excluding hydrogens is 655 g/mol. The van der Waals surface area contributed by atoms with E-state index in [9.17, 15) is 0 Å². The van der Waals surface area contributed by atoms with Gasteiger partial charge in [0.15, 0.2) is 0 Å². The van der Waals surface area contributed by atoms with Crippen molar-refractivity contribution in [3.05, 3.63) is 200 Å². The van der Waals surface area contributed by atoms with E-state index in [1.165, 1.54) is 54.4 Å². The Kier molecular flexibility index (Phi) is 6.86. The molecule has 11 rings (SSSR count). The van der Waals surface area contributed by atoms with Crippen molar-refractivity contribution in [3.63, 3.8) is 0 Å². The first-order valence-corrected chi connectivity index (χ1v) is 18.5. The van der Waals surface area contributed by atoms with E-state index in [0.717, 1.165) is 45.0 Å². The van der Waals surface area contributed by atoms with Crippen LogP contribution in [-0.4, -0.2) is 14.1 Å². The van der Waals surface area contributed by atoms with Crippen molar-refractivity contribution in [2.24, 2.45) is 0 Å². The molecule has 252 valence electrons. The number of fused-ring (bicyclic) bond motifs is 8. The second kappa shape index (κ2) is 12.2. The van der Waals surface area contributed by atoms with Gasteiger partial charge in [-0.15, -0.1) is 0 Å². The van der Waals surface area contributed by atoms with Crippen molar-refractivity contribution in [3.8, 4) is 45.0 Å². The molecule has 0 saturated heterocycles. The van der Waals surface area contributed by atoms with Crippen molar-refractivity contribution in [1.29, 1.82) is 0 Å². The second-order valence-electron chi connectivity index (χ2n) is 13.9. The smallest absolute Gasteiger partial charge is 0.0721 e. The molecule has 54 heavy (non-hydrogen) atoms. The van der Waals surface area contributed by atoms with Gasteiger partial charge in [0.05, 0.1) is 39.1 Å². The van der Waals surface area contributed by atoms with E-state index in [1.54, 1.807) is 0 Å². The molecule has 0 saturated carbocycles. The molecule has 3 nitrogen and oxygen atoms in total. The molecule has 0 unspecified atom stereocenters. The number of rotatable bonds is 5. The highest BCUT2D eigenvalue weighted by Crippen LogP contribution is 2.44. The number of para-hydroxylation sites is 4. The number of hydrogen-bond acceptors (Lipinski definition) is 1. The van der Waals surface area contributed by atoms with Crippen LogP contribution in [0.15, 0.2) is 200 Å². The Bertz CT molecular complexity index is 3200. The van der Waals surface area contributed by atoms with Crippen LogP contribution in [-0.2, 0) is 0 Å². The van der Waals surface area contributed by atoms with Crippen LogP contribution in [0.25, 0.3) is 99.4 Å². The second-order valence-corrected chi connectivity index (χ2v) is 13.9. The standard InChI is InChI=1S/C51H33N3/c1-3-17-35(18-4-1)44-32-36(33-45(52-44)40-26-15-19-34-16-7-8-22-38(34)40)39-23-9-12-27-46(39)54-47-28-13-10-24-41(47)42-30-31-49-50(51(42)54)43-25-11-14-29-48(43)53(49)37-20-5-2-6-21-37/h1-33H. The highest BCUT2D eigenvalue weighted by atomic mass is 15.0. The van der Waals surface area contributed by atoms with E-state index in [1.807, 2.05) is 0 Å². The van der Waals surface area contributed by atoms with Gasteiger partial charge in [-0.3, -0.25) is 0 Å². The van der Waals surface area contributed by atoms with Gasteiger partial charge in [-0.25, -0.2) is 4.98 Å². The van der Waals surface area contributed by atoms with Crippen LogP contribution in [0.4, 0.5) is 0 Å². The van der Waals surface area contributed by atoms with Crippen molar-refractivity contribution in [2.75, 3.05) is 0 Å². The zero-order valence-corrected chi connectivity index (χ0v) is 29.4. The van der Waals surface area contributed by atoms with Gasteiger partial charge in [-0.2, -0.15) is 0 Å². The SMILES string of the molecule is c1ccc(-c2cc(-c3ccccc3-n3c4ccccc4c4ccc5c(c6ccccc6n5-c5ccccc5)c43)cc(-c3cccc4ccccc34)n2)cc1. The molecule has 0 spiro atoms. The summed E-state index contributed by atoms with van der Waals surface area (Å²) in [5.41, 5.74) is 13.4. The Labute approximate surface area is 312 Å². The predicted octanol–water partition coefficient (Wildman–Crippen LogP) is 13.4. The van der Waals surface area contributed by atoms with Gasteiger partial charge in [-0.05, 0) is 64.9 Å². The number of aromatic nitrogens is 3. The summed E-state index contributed by atoms with van der Waals surface area (Å²) < 4.78 is 4.91. The van der Waals surface area contributed by atoms with Crippen LogP contribution in [0.5, 0.6) is 0 Å². The van der Waals surface area contributed by atoms with Crippen molar-refractivity contribution in [1.82, 2.24) is 14.1 Å². The summed E-state index contributed by atoms with van der Waals surface area (Å²) >= 11 is 0. The quantitative estimate of drug-likeness (QED) is 0.177. The van der Waals surface area contributed by atoms with Crippen molar-refractivity contribution < 1.29 is 0 Å². The Morgan fingerprint density at radius 1 is 0.352 bits per heavy atom. The van der Waals surface area contributed by atoms with Gasteiger partial charge < -0.3 is 9.13 Å². The molecule has 0 aliphatic rings. The van der Waals surface area contributed by atoms with E-state index in [4.69, 9.17) is 4.98 Å². The normalized spacial score (nSPS) is 11.7. The third-order valence-electron chi connectivity index (χ3n) is 10.9. The molecule has 3 aromatic heterocycles. The molecule has 0 N–H and O–H groups in total. The minimum absolute atomic E-state index is 0.946. The molecule has 0 atom stereocenters. The lowest BCUT2D eigenvalue weighted by Gasteiger charge is -2.17. The van der Waals surface area contributed by atoms with Crippen LogP contribution < -0.4 is 0 Å². The molecule has 3 heteroatoms. The van der Waals surface area contributed by atoms with Crippen LogP contribution in [0, 0.1) is 0 Å². The van der Waals surface area contributed by atoms with Gasteiger partial charge in [0.25, 0.3) is 0 Å². The minimum atomic E-state index is 0.946. The maximum atomic E-state index is 5.34. The fourth-order valence-corrected chi connectivity index (χ4v) is 8.56. The Morgan fingerprint density at radius 3 is 1.80 bits per heavy atom. The minimum Gasteiger partial charge on any atom is -0.309 e. The van der Waals surface area contributed by atoms with Crippen LogP contribution in [0.2, 0.25) is 0 Å². The Morgan fingerprint density at radius 2 is 0.963 bits per heavy atom. The lowest BCUT2D eigenvalue weighted by atomic mass is 9.96. The summed E-state index contributed by atoms with van der Waals surface area (Å²) in [5, 5.41) is 7.34. The average molecular weight is 688 g/mol. The Balaban J connectivity index is 1.24. The fraction of sp³-hybridized carbons (Fsp3) is 0. The van der Waals surface area contributed by atoms with Gasteiger partial charge >= 0.3 is 0 Å². The number of pyridine rings is 1. The lowest BCUT2D eigenvalue weighted by molar-refractivity contribution is 1.17. The lowest BCUT2D eigenvalue weighted by Crippen LogP contribution is -1.99. The average Bonchev–Trinajstić information content (AvgIpc) is 3.77. The first-order valence-electron chi connectivity index (χ1n) is 18.5. The van der Waals surface area contributed by atoms with Gasteiger partial charge in [0.1, 0.15) is 0 Å². The zero-order chi connectivity index (χ0) is 35.6. The van der Waals surface area contributed by atoms with Crippen LogP contribution in [0.3, 0.4) is 0 Å². The summed E-state index contributed by atoms with van der Waals surface area (Å²) in [6.07, 6.45) is 0. The van der Waals surface area contributed by atoms with Crippen LogP contribution in [0.1, 0.15) is 0 Å². The highest BCUT2D eigenvalue weighted by Gasteiger charge is 2.22. The first-order chi connectivity index (χ1) is 26.8. The summed E-state index contributed by atoms with van der Waals surface area (Å²) in [7, 11) is 0. The van der Waals surface area contributed by atoms with E-state index in [2.05, 4.69) is 209 Å². The van der Waals surface area contributed by atoms with E-state index < -0.39 is 0 Å². The maximum Gasteiger partial charge on any atom is 0.0721 e. The summed E-state index contributed by atoms with van der Waals surface area (Å²) in [4.78, 5) is 5.34. The van der Waals surface area contributed by atoms with Crippen molar-refractivity contribution in [2.45, 2.75) is 0 Å². The van der Waals surface area contributed by atoms with Crippen LogP contribution >= 0.6 is 0 Å². The number of nitrogens with zero attached hydrogens (tertiary/aromatic N) is 3. The Hall–Kier alpha value is -7.23. The zero-order valence-electron chi connectivity index (χ0n) is 29.4. The van der Waals surface area contributed by atoms with E-state index >= 15 is 0 Å². The molecule has 0 amide bonds. The largest absolute Gasteiger partial charge is 0.309 e. The van der Waals surface area contributed by atoms with E-state index in [0.29, 0.717) is 0 Å². The summed E-state index contributed by atoms with van der Waals surface area (Å²) in [6, 6.07) is 72.0.